The van der Waals surface area contributed by atoms with Crippen molar-refractivity contribution >= 4 is 11.6 Å². The molecule has 2 aromatic carbocycles. The summed E-state index contributed by atoms with van der Waals surface area (Å²) in [6.07, 6.45) is 2.32. The van der Waals surface area contributed by atoms with Crippen molar-refractivity contribution in [3.05, 3.63) is 58.6 Å². The number of rotatable bonds is 6. The lowest BCUT2D eigenvalue weighted by Crippen LogP contribution is -2.21. The molecule has 0 amide bonds. The van der Waals surface area contributed by atoms with Crippen LogP contribution in [0.3, 0.4) is 0 Å². The van der Waals surface area contributed by atoms with Crippen LogP contribution in [-0.4, -0.2) is 6.04 Å². The second kappa shape index (κ2) is 7.63. The standard InChI is InChI=1S/C19H24ClN/c1-4-5-15-6-8-16(9-7-15)17-10-11-18(19(20)12-17)13-21-14(2)3/h6-12,14,21H,4-5,13H2,1-3H3. The summed E-state index contributed by atoms with van der Waals surface area (Å²) in [4.78, 5) is 0. The molecule has 0 radical (unpaired) electrons. The fraction of sp³-hybridized carbons (Fsp3) is 0.368. The van der Waals surface area contributed by atoms with E-state index in [0.717, 1.165) is 23.6 Å². The van der Waals surface area contributed by atoms with Gasteiger partial charge < -0.3 is 5.32 Å². The zero-order valence-corrected chi connectivity index (χ0v) is 13.9. The summed E-state index contributed by atoms with van der Waals surface area (Å²) < 4.78 is 0. The van der Waals surface area contributed by atoms with Gasteiger partial charge in [-0.1, -0.05) is 75.2 Å². The fourth-order valence-corrected chi connectivity index (χ4v) is 2.58. The van der Waals surface area contributed by atoms with Gasteiger partial charge in [0.05, 0.1) is 0 Å². The van der Waals surface area contributed by atoms with Gasteiger partial charge in [0.1, 0.15) is 0 Å². The van der Waals surface area contributed by atoms with Crippen molar-refractivity contribution in [2.75, 3.05) is 0 Å². The number of hydrogen-bond donors (Lipinski definition) is 1. The highest BCUT2D eigenvalue weighted by atomic mass is 35.5. The summed E-state index contributed by atoms with van der Waals surface area (Å²) in [6, 6.07) is 15.6. The molecule has 1 N–H and O–H groups in total. The Balaban J connectivity index is 2.15. The van der Waals surface area contributed by atoms with Gasteiger partial charge in [0.25, 0.3) is 0 Å². The van der Waals surface area contributed by atoms with Crippen molar-refractivity contribution in [1.29, 1.82) is 0 Å². The molecule has 0 aliphatic rings. The lowest BCUT2D eigenvalue weighted by molar-refractivity contribution is 0.589. The molecule has 0 unspecified atom stereocenters. The normalized spacial score (nSPS) is 11.1. The molecule has 0 spiro atoms. The van der Waals surface area contributed by atoms with Crippen LogP contribution >= 0.6 is 11.6 Å². The average molecular weight is 302 g/mol. The maximum Gasteiger partial charge on any atom is 0.0457 e. The quantitative estimate of drug-likeness (QED) is 0.747. The monoisotopic (exact) mass is 301 g/mol. The Hall–Kier alpha value is -1.31. The molecular weight excluding hydrogens is 278 g/mol. The Morgan fingerprint density at radius 2 is 1.67 bits per heavy atom. The minimum absolute atomic E-state index is 0.465. The van der Waals surface area contributed by atoms with Gasteiger partial charge in [-0.05, 0) is 34.7 Å². The summed E-state index contributed by atoms with van der Waals surface area (Å²) in [6.45, 7) is 7.30. The van der Waals surface area contributed by atoms with Gasteiger partial charge in [-0.3, -0.25) is 0 Å². The lowest BCUT2D eigenvalue weighted by atomic mass is 10.0. The van der Waals surface area contributed by atoms with Gasteiger partial charge in [-0.2, -0.15) is 0 Å². The smallest absolute Gasteiger partial charge is 0.0457 e. The molecule has 0 fully saturated rings. The first-order chi connectivity index (χ1) is 10.1. The molecule has 0 aliphatic carbocycles. The highest BCUT2D eigenvalue weighted by Gasteiger charge is 2.05. The van der Waals surface area contributed by atoms with Gasteiger partial charge in [0.2, 0.25) is 0 Å². The Morgan fingerprint density at radius 1 is 1.00 bits per heavy atom. The fourth-order valence-electron chi connectivity index (χ4n) is 2.34. The minimum Gasteiger partial charge on any atom is -0.310 e. The highest BCUT2D eigenvalue weighted by molar-refractivity contribution is 6.31. The molecule has 0 saturated carbocycles. The van der Waals surface area contributed by atoms with Crippen LogP contribution in [0.25, 0.3) is 11.1 Å². The highest BCUT2D eigenvalue weighted by Crippen LogP contribution is 2.26. The third-order valence-electron chi connectivity index (χ3n) is 3.58. The van der Waals surface area contributed by atoms with E-state index in [1.54, 1.807) is 0 Å². The molecule has 0 bridgehead atoms. The van der Waals surface area contributed by atoms with Crippen LogP contribution in [0, 0.1) is 0 Å². The van der Waals surface area contributed by atoms with Crippen molar-refractivity contribution in [2.24, 2.45) is 0 Å². The third-order valence-corrected chi connectivity index (χ3v) is 3.93. The molecule has 1 nitrogen and oxygen atoms in total. The zero-order valence-electron chi connectivity index (χ0n) is 13.1. The van der Waals surface area contributed by atoms with E-state index in [1.807, 2.05) is 0 Å². The van der Waals surface area contributed by atoms with E-state index in [2.05, 4.69) is 68.6 Å². The molecule has 0 aromatic heterocycles. The number of aryl methyl sites for hydroxylation is 1. The van der Waals surface area contributed by atoms with Crippen LogP contribution in [0.1, 0.15) is 38.3 Å². The Morgan fingerprint density at radius 3 is 2.24 bits per heavy atom. The molecule has 0 atom stereocenters. The van der Waals surface area contributed by atoms with Crippen molar-refractivity contribution in [2.45, 2.75) is 46.2 Å². The van der Waals surface area contributed by atoms with Gasteiger partial charge in [-0.15, -0.1) is 0 Å². The van der Waals surface area contributed by atoms with Gasteiger partial charge >= 0.3 is 0 Å². The topological polar surface area (TPSA) is 12.0 Å². The van der Waals surface area contributed by atoms with Crippen molar-refractivity contribution in [3.8, 4) is 11.1 Å². The van der Waals surface area contributed by atoms with E-state index in [1.165, 1.54) is 23.1 Å². The second-order valence-electron chi connectivity index (χ2n) is 5.79. The second-order valence-corrected chi connectivity index (χ2v) is 6.20. The molecule has 2 aromatic rings. The molecule has 0 aliphatic heterocycles. The predicted molar refractivity (Wildman–Crippen MR) is 92.9 cm³/mol. The van der Waals surface area contributed by atoms with Crippen LogP contribution in [0.15, 0.2) is 42.5 Å². The van der Waals surface area contributed by atoms with Gasteiger partial charge in [0, 0.05) is 17.6 Å². The van der Waals surface area contributed by atoms with Crippen molar-refractivity contribution in [3.63, 3.8) is 0 Å². The van der Waals surface area contributed by atoms with Crippen molar-refractivity contribution in [1.82, 2.24) is 5.32 Å². The SMILES string of the molecule is CCCc1ccc(-c2ccc(CNC(C)C)c(Cl)c2)cc1. The van der Waals surface area contributed by atoms with E-state index in [9.17, 15) is 0 Å². The van der Waals surface area contributed by atoms with Gasteiger partial charge in [-0.25, -0.2) is 0 Å². The summed E-state index contributed by atoms with van der Waals surface area (Å²) >= 11 is 6.40. The number of nitrogens with one attached hydrogen (secondary N) is 1. The molecular formula is C19H24ClN. The zero-order chi connectivity index (χ0) is 15.2. The number of halogens is 1. The van der Waals surface area contributed by atoms with E-state index >= 15 is 0 Å². The first-order valence-electron chi connectivity index (χ1n) is 7.71. The van der Waals surface area contributed by atoms with Crippen LogP contribution in [0.2, 0.25) is 5.02 Å². The first-order valence-corrected chi connectivity index (χ1v) is 8.09. The maximum atomic E-state index is 6.40. The Kier molecular flexibility index (Phi) is 5.84. The summed E-state index contributed by atoms with van der Waals surface area (Å²) in [7, 11) is 0. The van der Waals surface area contributed by atoms with E-state index < -0.39 is 0 Å². The molecule has 21 heavy (non-hydrogen) atoms. The molecule has 2 heteroatoms. The first kappa shape index (κ1) is 16.1. The number of hydrogen-bond acceptors (Lipinski definition) is 1. The molecule has 0 saturated heterocycles. The predicted octanol–water partition coefficient (Wildman–Crippen LogP) is 5.46. The van der Waals surface area contributed by atoms with Crippen LogP contribution in [0.4, 0.5) is 0 Å². The summed E-state index contributed by atoms with van der Waals surface area (Å²) in [5, 5.41) is 4.23. The maximum absolute atomic E-state index is 6.40. The van der Waals surface area contributed by atoms with Crippen LogP contribution < -0.4 is 5.32 Å². The van der Waals surface area contributed by atoms with E-state index in [-0.39, 0.29) is 0 Å². The summed E-state index contributed by atoms with van der Waals surface area (Å²) in [5.41, 5.74) is 4.94. The largest absolute Gasteiger partial charge is 0.310 e. The van der Waals surface area contributed by atoms with Gasteiger partial charge in [0.15, 0.2) is 0 Å². The van der Waals surface area contributed by atoms with Crippen LogP contribution in [-0.2, 0) is 13.0 Å². The number of benzene rings is 2. The van der Waals surface area contributed by atoms with E-state index in [0.29, 0.717) is 6.04 Å². The minimum atomic E-state index is 0.465. The molecule has 112 valence electrons. The molecule has 2 rings (SSSR count). The van der Waals surface area contributed by atoms with Crippen molar-refractivity contribution < 1.29 is 0 Å². The third kappa shape index (κ3) is 4.59. The lowest BCUT2D eigenvalue weighted by Gasteiger charge is -2.11. The average Bonchev–Trinajstić information content (AvgIpc) is 2.47. The Labute approximate surface area is 133 Å². The van der Waals surface area contributed by atoms with E-state index in [4.69, 9.17) is 11.6 Å². The molecule has 0 heterocycles. The van der Waals surface area contributed by atoms with Crippen LogP contribution in [0.5, 0.6) is 0 Å². The summed E-state index contributed by atoms with van der Waals surface area (Å²) in [5.74, 6) is 0. The Bertz CT molecular complexity index is 573.